The third kappa shape index (κ3) is 3.37. The van der Waals surface area contributed by atoms with Crippen LogP contribution in [0.25, 0.3) is 11.5 Å². The van der Waals surface area contributed by atoms with Gasteiger partial charge in [-0.15, -0.1) is 5.10 Å². The molecule has 1 aromatic heterocycles. The van der Waals surface area contributed by atoms with Crippen molar-refractivity contribution in [3.05, 3.63) is 65.2 Å². The predicted molar refractivity (Wildman–Crippen MR) is 81.3 cm³/mol. The third-order valence-corrected chi connectivity index (χ3v) is 4.23. The van der Waals surface area contributed by atoms with Crippen molar-refractivity contribution >= 4 is 22.4 Å². The first-order valence-electron chi connectivity index (χ1n) is 6.24. The second kappa shape index (κ2) is 6.20. The minimum atomic E-state index is -1.36. The number of nitrogens with zero attached hydrogens (tertiary/aromatic N) is 2. The maximum Gasteiger partial charge on any atom is 0.308 e. The maximum atomic E-state index is 12.2. The first-order valence-corrected chi connectivity index (χ1v) is 7.94. The average molecular weight is 319 g/mol. The van der Waals surface area contributed by atoms with Crippen LogP contribution in [0, 0.1) is 0 Å². The van der Waals surface area contributed by atoms with Gasteiger partial charge in [0, 0.05) is 10.6 Å². The molecule has 0 aliphatic heterocycles. The monoisotopic (exact) mass is 318 g/mol. The van der Waals surface area contributed by atoms with Crippen LogP contribution < -0.4 is 0 Å². The molecule has 3 aromatic rings. The summed E-state index contributed by atoms with van der Waals surface area (Å²) in [4.78, 5) is 0. The van der Waals surface area contributed by atoms with E-state index in [-0.39, 0.29) is 5.22 Å². The predicted octanol–water partition coefficient (Wildman–Crippen LogP) is 3.70. The molecule has 0 spiro atoms. The molecule has 0 fully saturated rings. The van der Waals surface area contributed by atoms with Crippen molar-refractivity contribution in [3.63, 3.8) is 0 Å². The molecule has 1 atom stereocenters. The largest absolute Gasteiger partial charge is 0.410 e. The van der Waals surface area contributed by atoms with Gasteiger partial charge in [0.15, 0.2) is 0 Å². The van der Waals surface area contributed by atoms with Crippen LogP contribution in [0.3, 0.4) is 0 Å². The van der Waals surface area contributed by atoms with Crippen molar-refractivity contribution in [2.45, 2.75) is 11.0 Å². The van der Waals surface area contributed by atoms with Crippen LogP contribution in [0.2, 0.25) is 5.02 Å². The zero-order valence-electron chi connectivity index (χ0n) is 10.9. The van der Waals surface area contributed by atoms with Crippen molar-refractivity contribution in [1.29, 1.82) is 0 Å². The van der Waals surface area contributed by atoms with Gasteiger partial charge in [-0.3, -0.25) is 0 Å². The van der Waals surface area contributed by atoms with Gasteiger partial charge in [0.05, 0.1) is 5.75 Å². The molecule has 1 heterocycles. The maximum absolute atomic E-state index is 12.2. The highest BCUT2D eigenvalue weighted by Crippen LogP contribution is 2.21. The standard InChI is InChI=1S/C15H11ClN2O2S/c16-13-8-6-12(7-9-13)14-17-18-15(20-14)21(19)10-11-4-2-1-3-5-11/h1-9H,10H2. The van der Waals surface area contributed by atoms with Crippen LogP contribution in [0.1, 0.15) is 5.56 Å². The zero-order valence-corrected chi connectivity index (χ0v) is 12.5. The van der Waals surface area contributed by atoms with Gasteiger partial charge in [0.25, 0.3) is 0 Å². The summed E-state index contributed by atoms with van der Waals surface area (Å²) in [7, 11) is -1.36. The van der Waals surface area contributed by atoms with Crippen LogP contribution in [0.5, 0.6) is 0 Å². The normalized spacial score (nSPS) is 12.2. The van der Waals surface area contributed by atoms with E-state index in [0.717, 1.165) is 11.1 Å². The molecule has 3 rings (SSSR count). The van der Waals surface area contributed by atoms with E-state index >= 15 is 0 Å². The molecule has 0 amide bonds. The zero-order chi connectivity index (χ0) is 14.7. The van der Waals surface area contributed by atoms with Crippen LogP contribution in [-0.2, 0) is 16.6 Å². The number of halogens is 1. The van der Waals surface area contributed by atoms with Gasteiger partial charge in [0.1, 0.15) is 10.8 Å². The first-order chi connectivity index (χ1) is 10.2. The molecule has 0 saturated heterocycles. The highest BCUT2D eigenvalue weighted by Gasteiger charge is 2.14. The smallest absolute Gasteiger partial charge is 0.308 e. The Kier molecular flexibility index (Phi) is 4.13. The van der Waals surface area contributed by atoms with Crippen LogP contribution in [-0.4, -0.2) is 14.4 Å². The highest BCUT2D eigenvalue weighted by molar-refractivity contribution is 7.84. The molecule has 106 valence electrons. The van der Waals surface area contributed by atoms with E-state index in [1.54, 1.807) is 24.3 Å². The average Bonchev–Trinajstić information content (AvgIpc) is 2.99. The van der Waals surface area contributed by atoms with E-state index < -0.39 is 10.8 Å². The molecule has 0 saturated carbocycles. The Balaban J connectivity index is 1.78. The summed E-state index contributed by atoms with van der Waals surface area (Å²) in [6.07, 6.45) is 0. The Hall–Kier alpha value is -1.98. The number of aromatic nitrogens is 2. The van der Waals surface area contributed by atoms with Crippen molar-refractivity contribution < 1.29 is 8.63 Å². The SMILES string of the molecule is O=S(Cc1ccccc1)c1nnc(-c2ccc(Cl)cc2)o1. The topological polar surface area (TPSA) is 56.0 Å². The fourth-order valence-electron chi connectivity index (χ4n) is 1.80. The summed E-state index contributed by atoms with van der Waals surface area (Å²) < 4.78 is 17.7. The van der Waals surface area contributed by atoms with Gasteiger partial charge in [-0.2, -0.15) is 0 Å². The summed E-state index contributed by atoms with van der Waals surface area (Å²) in [5.41, 5.74) is 1.71. The Morgan fingerprint density at radius 1 is 1.00 bits per heavy atom. The summed E-state index contributed by atoms with van der Waals surface area (Å²) in [6.45, 7) is 0. The number of hydrogen-bond donors (Lipinski definition) is 0. The highest BCUT2D eigenvalue weighted by atomic mass is 35.5. The Morgan fingerprint density at radius 2 is 1.71 bits per heavy atom. The van der Waals surface area contributed by atoms with Crippen LogP contribution in [0.4, 0.5) is 0 Å². The lowest BCUT2D eigenvalue weighted by Crippen LogP contribution is -1.96. The molecule has 0 radical (unpaired) electrons. The lowest BCUT2D eigenvalue weighted by Gasteiger charge is -1.97. The van der Waals surface area contributed by atoms with Crippen molar-refractivity contribution in [2.24, 2.45) is 0 Å². The molecular weight excluding hydrogens is 308 g/mol. The van der Waals surface area contributed by atoms with E-state index in [4.69, 9.17) is 16.0 Å². The minimum absolute atomic E-state index is 0.129. The van der Waals surface area contributed by atoms with Gasteiger partial charge in [-0.1, -0.05) is 47.0 Å². The number of benzene rings is 2. The van der Waals surface area contributed by atoms with E-state index in [0.29, 0.717) is 16.7 Å². The second-order valence-corrected chi connectivity index (χ2v) is 6.12. The molecule has 0 bridgehead atoms. The molecule has 0 aliphatic carbocycles. The summed E-state index contributed by atoms with van der Waals surface area (Å²) in [6, 6.07) is 16.6. The molecule has 0 N–H and O–H groups in total. The Morgan fingerprint density at radius 3 is 2.43 bits per heavy atom. The molecule has 1 unspecified atom stereocenters. The Bertz CT molecular complexity index is 757. The summed E-state index contributed by atoms with van der Waals surface area (Å²) >= 11 is 5.83. The van der Waals surface area contributed by atoms with Gasteiger partial charge in [-0.25, -0.2) is 4.21 Å². The minimum Gasteiger partial charge on any atom is -0.410 e. The van der Waals surface area contributed by atoms with Gasteiger partial charge in [0.2, 0.25) is 5.89 Å². The fourth-order valence-corrected chi connectivity index (χ4v) is 2.85. The van der Waals surface area contributed by atoms with Crippen molar-refractivity contribution in [2.75, 3.05) is 0 Å². The lowest BCUT2D eigenvalue weighted by molar-refractivity contribution is 0.455. The molecule has 21 heavy (non-hydrogen) atoms. The van der Waals surface area contributed by atoms with E-state index in [2.05, 4.69) is 10.2 Å². The Labute approximate surface area is 129 Å². The summed E-state index contributed by atoms with van der Waals surface area (Å²) in [5.74, 6) is 0.686. The van der Waals surface area contributed by atoms with Crippen LogP contribution >= 0.6 is 11.6 Å². The summed E-state index contributed by atoms with van der Waals surface area (Å²) in [5, 5.41) is 8.55. The first kappa shape index (κ1) is 14.0. The van der Waals surface area contributed by atoms with E-state index in [9.17, 15) is 4.21 Å². The van der Waals surface area contributed by atoms with Crippen molar-refractivity contribution in [1.82, 2.24) is 10.2 Å². The van der Waals surface area contributed by atoms with E-state index in [1.165, 1.54) is 0 Å². The molecular formula is C15H11ClN2O2S. The van der Waals surface area contributed by atoms with Gasteiger partial charge in [-0.05, 0) is 29.8 Å². The lowest BCUT2D eigenvalue weighted by atomic mass is 10.2. The quantitative estimate of drug-likeness (QED) is 0.736. The number of hydrogen-bond acceptors (Lipinski definition) is 4. The van der Waals surface area contributed by atoms with E-state index in [1.807, 2.05) is 30.3 Å². The van der Waals surface area contributed by atoms with Crippen LogP contribution in [0.15, 0.2) is 64.2 Å². The fraction of sp³-hybridized carbons (Fsp3) is 0.0667. The molecule has 0 aliphatic rings. The van der Waals surface area contributed by atoms with Gasteiger partial charge >= 0.3 is 5.22 Å². The second-order valence-electron chi connectivity index (χ2n) is 4.36. The van der Waals surface area contributed by atoms with Crippen molar-refractivity contribution in [3.8, 4) is 11.5 Å². The third-order valence-electron chi connectivity index (χ3n) is 2.83. The molecule has 4 nitrogen and oxygen atoms in total. The van der Waals surface area contributed by atoms with Gasteiger partial charge < -0.3 is 4.42 Å². The molecule has 2 aromatic carbocycles. The number of rotatable bonds is 4. The molecule has 6 heteroatoms.